The minimum absolute atomic E-state index is 0.105. The van der Waals surface area contributed by atoms with Gasteiger partial charge in [-0.05, 0) is 107 Å². The van der Waals surface area contributed by atoms with Crippen LogP contribution in [0.5, 0.6) is 0 Å². The van der Waals surface area contributed by atoms with Crippen molar-refractivity contribution in [1.82, 2.24) is 0 Å². The molecule has 154 valence electrons. The molecule has 0 aromatic carbocycles. The van der Waals surface area contributed by atoms with Gasteiger partial charge in [-0.15, -0.1) is 0 Å². The van der Waals surface area contributed by atoms with Gasteiger partial charge in [-0.2, -0.15) is 8.78 Å². The maximum atomic E-state index is 12.4. The molecule has 2 nitrogen and oxygen atoms in total. The highest BCUT2D eigenvalue weighted by Crippen LogP contribution is 2.41. The average Bonchev–Trinajstić information content (AvgIpc) is 2.67. The second kappa shape index (κ2) is 10.7. The lowest BCUT2D eigenvalue weighted by atomic mass is 9.70. The van der Waals surface area contributed by atoms with E-state index in [2.05, 4.69) is 0 Å². The number of carbonyl (C=O) groups excluding carboxylic acids is 1. The lowest BCUT2D eigenvalue weighted by Gasteiger charge is -2.37. The van der Waals surface area contributed by atoms with Crippen LogP contribution in [0.1, 0.15) is 89.9 Å². The first kappa shape index (κ1) is 21.0. The first-order chi connectivity index (χ1) is 13.1. The quantitative estimate of drug-likeness (QED) is 0.459. The van der Waals surface area contributed by atoms with Gasteiger partial charge in [0.1, 0.15) is 5.78 Å². The van der Waals surface area contributed by atoms with Crippen molar-refractivity contribution in [3.05, 3.63) is 12.2 Å². The van der Waals surface area contributed by atoms with Crippen molar-refractivity contribution < 1.29 is 18.3 Å². The van der Waals surface area contributed by atoms with E-state index in [9.17, 15) is 13.6 Å². The molecular weight excluding hydrogens is 346 g/mol. The Morgan fingerprint density at radius 2 is 1.48 bits per heavy atom. The van der Waals surface area contributed by atoms with Crippen LogP contribution in [0.25, 0.3) is 0 Å². The number of hydrogen-bond donors (Lipinski definition) is 0. The Morgan fingerprint density at radius 1 is 0.889 bits per heavy atom. The second-order valence-electron chi connectivity index (χ2n) is 9.16. The zero-order valence-electron chi connectivity index (χ0n) is 16.6. The molecule has 0 N–H and O–H groups in total. The predicted molar refractivity (Wildman–Crippen MR) is 104 cm³/mol. The van der Waals surface area contributed by atoms with E-state index in [1.807, 2.05) is 0 Å². The summed E-state index contributed by atoms with van der Waals surface area (Å²) in [5.74, 6) is 2.81. The summed E-state index contributed by atoms with van der Waals surface area (Å²) in [6.45, 7) is 0.867. The van der Waals surface area contributed by atoms with Gasteiger partial charge in [-0.25, -0.2) is 0 Å². The molecule has 3 aliphatic carbocycles. The maximum Gasteiger partial charge on any atom is 0.266 e. The fourth-order valence-corrected chi connectivity index (χ4v) is 5.60. The highest BCUT2D eigenvalue weighted by atomic mass is 19.3. The Hall–Kier alpha value is -0.770. The van der Waals surface area contributed by atoms with E-state index in [4.69, 9.17) is 4.74 Å². The number of carbonyl (C=O) groups is 1. The highest BCUT2D eigenvalue weighted by molar-refractivity contribution is 5.78. The third kappa shape index (κ3) is 6.96. The van der Waals surface area contributed by atoms with Crippen LogP contribution in [-0.4, -0.2) is 18.5 Å². The van der Waals surface area contributed by atoms with Crippen LogP contribution in [-0.2, 0) is 9.53 Å². The Labute approximate surface area is 163 Å². The van der Waals surface area contributed by atoms with Crippen molar-refractivity contribution in [3.8, 4) is 0 Å². The summed E-state index contributed by atoms with van der Waals surface area (Å²) in [6, 6.07) is 0. The van der Waals surface area contributed by atoms with Crippen LogP contribution in [0.4, 0.5) is 8.78 Å². The molecule has 0 amide bonds. The molecule has 0 radical (unpaired) electrons. The second-order valence-corrected chi connectivity index (χ2v) is 9.16. The molecule has 27 heavy (non-hydrogen) atoms. The third-order valence-electron chi connectivity index (χ3n) is 7.34. The van der Waals surface area contributed by atoms with Gasteiger partial charge in [0.2, 0.25) is 0 Å². The summed E-state index contributed by atoms with van der Waals surface area (Å²) < 4.78 is 30.9. The van der Waals surface area contributed by atoms with E-state index in [1.54, 1.807) is 0 Å². The number of Topliss-reactive ketones (excluding diaryl/α,β-unsaturated/α-hetero) is 1. The number of ether oxygens (including phenoxy) is 1. The molecule has 0 unspecified atom stereocenters. The molecule has 3 rings (SSSR count). The fraction of sp³-hybridized carbons (Fsp3) is 0.870. The fourth-order valence-electron chi connectivity index (χ4n) is 5.60. The lowest BCUT2D eigenvalue weighted by molar-refractivity contribution is -0.121. The Morgan fingerprint density at radius 3 is 2.07 bits per heavy atom. The van der Waals surface area contributed by atoms with Gasteiger partial charge >= 0.3 is 0 Å². The molecule has 0 aliphatic heterocycles. The standard InChI is InChI=1S/C23H36F2O2/c24-23(25)16-18-3-7-19(8-4-18)20-9-13-22(14-10-20)27-15-1-2-17-5-11-21(26)12-6-17/h16-20,22H,1-15H2. The van der Waals surface area contributed by atoms with Crippen molar-refractivity contribution in [2.24, 2.45) is 23.7 Å². The summed E-state index contributed by atoms with van der Waals surface area (Å²) in [6.07, 6.45) is 15.1. The van der Waals surface area contributed by atoms with Crippen molar-refractivity contribution in [3.63, 3.8) is 0 Å². The predicted octanol–water partition coefficient (Wildman–Crippen LogP) is 6.69. The molecule has 0 saturated heterocycles. The third-order valence-corrected chi connectivity index (χ3v) is 7.34. The first-order valence-corrected chi connectivity index (χ1v) is 11.3. The number of ketones is 1. The number of hydrogen-bond acceptors (Lipinski definition) is 2. The van der Waals surface area contributed by atoms with Crippen molar-refractivity contribution in [2.75, 3.05) is 6.61 Å². The van der Waals surface area contributed by atoms with E-state index < -0.39 is 6.08 Å². The van der Waals surface area contributed by atoms with Gasteiger partial charge in [0.05, 0.1) is 6.10 Å². The van der Waals surface area contributed by atoms with Gasteiger partial charge < -0.3 is 4.74 Å². The first-order valence-electron chi connectivity index (χ1n) is 11.3. The van der Waals surface area contributed by atoms with Crippen LogP contribution in [0, 0.1) is 23.7 Å². The van der Waals surface area contributed by atoms with Crippen LogP contribution in [0.15, 0.2) is 12.2 Å². The number of rotatable bonds is 7. The normalized spacial score (nSPS) is 33.0. The van der Waals surface area contributed by atoms with E-state index in [0.717, 1.165) is 82.1 Å². The minimum atomic E-state index is -1.51. The summed E-state index contributed by atoms with van der Waals surface area (Å²) >= 11 is 0. The van der Waals surface area contributed by atoms with Crippen molar-refractivity contribution >= 4 is 5.78 Å². The van der Waals surface area contributed by atoms with Gasteiger partial charge in [0.15, 0.2) is 0 Å². The summed E-state index contributed by atoms with van der Waals surface area (Å²) in [7, 11) is 0. The summed E-state index contributed by atoms with van der Waals surface area (Å²) in [5.41, 5.74) is 0. The number of allylic oxidation sites excluding steroid dienone is 1. The molecule has 0 bridgehead atoms. The zero-order chi connectivity index (χ0) is 19.1. The molecule has 0 spiro atoms. The van der Waals surface area contributed by atoms with Gasteiger partial charge in [-0.1, -0.05) is 0 Å². The molecular formula is C23H36F2O2. The topological polar surface area (TPSA) is 26.3 Å². The van der Waals surface area contributed by atoms with Gasteiger partial charge in [-0.3, -0.25) is 4.79 Å². The molecule has 4 heteroatoms. The minimum Gasteiger partial charge on any atom is -0.378 e. The SMILES string of the molecule is O=C1CCC(CCCOC2CCC(C3CCC(C=C(F)F)CC3)CC2)CC1. The van der Waals surface area contributed by atoms with Crippen LogP contribution < -0.4 is 0 Å². The molecule has 3 saturated carbocycles. The Kier molecular flexibility index (Phi) is 8.29. The zero-order valence-corrected chi connectivity index (χ0v) is 16.6. The molecule has 3 aliphatic rings. The summed E-state index contributed by atoms with van der Waals surface area (Å²) in [5, 5.41) is 0. The van der Waals surface area contributed by atoms with E-state index >= 15 is 0 Å². The Bertz CT molecular complexity index is 475. The molecule has 0 heterocycles. The molecule has 0 aromatic heterocycles. The average molecular weight is 383 g/mol. The molecule has 0 atom stereocenters. The maximum absolute atomic E-state index is 12.4. The van der Waals surface area contributed by atoms with E-state index in [0.29, 0.717) is 11.9 Å². The molecule has 0 aromatic rings. The van der Waals surface area contributed by atoms with Crippen molar-refractivity contribution in [2.45, 2.75) is 96.0 Å². The highest BCUT2D eigenvalue weighted by Gasteiger charge is 2.31. The van der Waals surface area contributed by atoms with Gasteiger partial charge in [0, 0.05) is 19.4 Å². The van der Waals surface area contributed by atoms with E-state index in [-0.39, 0.29) is 5.92 Å². The van der Waals surface area contributed by atoms with Crippen LogP contribution in [0.3, 0.4) is 0 Å². The van der Waals surface area contributed by atoms with E-state index in [1.165, 1.54) is 38.2 Å². The number of halogens is 2. The van der Waals surface area contributed by atoms with Crippen LogP contribution in [0.2, 0.25) is 0 Å². The molecule has 3 fully saturated rings. The smallest absolute Gasteiger partial charge is 0.266 e. The van der Waals surface area contributed by atoms with Crippen molar-refractivity contribution in [1.29, 1.82) is 0 Å². The largest absolute Gasteiger partial charge is 0.378 e. The lowest BCUT2D eigenvalue weighted by Crippen LogP contribution is -2.28. The summed E-state index contributed by atoms with van der Waals surface area (Å²) in [4.78, 5) is 11.3. The monoisotopic (exact) mass is 382 g/mol. The van der Waals surface area contributed by atoms with Gasteiger partial charge in [0.25, 0.3) is 6.08 Å². The Balaban J connectivity index is 1.25. The van der Waals surface area contributed by atoms with Crippen LogP contribution >= 0.6 is 0 Å².